The molecule has 0 amide bonds. The second kappa shape index (κ2) is 9.34. The van der Waals surface area contributed by atoms with Crippen molar-refractivity contribution < 1.29 is 0 Å². The van der Waals surface area contributed by atoms with Crippen LogP contribution in [0.5, 0.6) is 0 Å². The van der Waals surface area contributed by atoms with Crippen molar-refractivity contribution in [2.24, 2.45) is 11.7 Å². The summed E-state index contributed by atoms with van der Waals surface area (Å²) in [5.74, 6) is 0.630. The Morgan fingerprint density at radius 1 is 1.36 bits per heavy atom. The van der Waals surface area contributed by atoms with Gasteiger partial charge < -0.3 is 11.1 Å². The van der Waals surface area contributed by atoms with Gasteiger partial charge in [0.2, 0.25) is 0 Å². The highest BCUT2D eigenvalue weighted by molar-refractivity contribution is 5.48. The molecule has 1 aliphatic carbocycles. The van der Waals surface area contributed by atoms with E-state index >= 15 is 0 Å². The average molecular weight is 300 g/mol. The zero-order chi connectivity index (χ0) is 16.5. The average Bonchev–Trinajstić information content (AvgIpc) is 2.53. The highest BCUT2D eigenvalue weighted by Crippen LogP contribution is 2.25. The van der Waals surface area contributed by atoms with Crippen LogP contribution < -0.4 is 11.1 Å². The van der Waals surface area contributed by atoms with Crippen LogP contribution >= 0.6 is 0 Å². The van der Waals surface area contributed by atoms with Crippen LogP contribution in [0.2, 0.25) is 0 Å². The van der Waals surface area contributed by atoms with Crippen molar-refractivity contribution in [2.45, 2.75) is 60.3 Å². The second-order valence-electron chi connectivity index (χ2n) is 6.08. The Balaban J connectivity index is 3.05. The lowest BCUT2D eigenvalue weighted by atomic mass is 9.92. The molecule has 0 saturated heterocycles. The molecular weight excluding hydrogens is 268 g/mol. The maximum absolute atomic E-state index is 6.44. The van der Waals surface area contributed by atoms with E-state index < -0.39 is 0 Å². The lowest BCUT2D eigenvalue weighted by Gasteiger charge is -2.17. The molecule has 0 aromatic carbocycles. The Hall–Kier alpha value is -1.70. The van der Waals surface area contributed by atoms with Gasteiger partial charge in [0.25, 0.3) is 0 Å². The van der Waals surface area contributed by atoms with Crippen molar-refractivity contribution in [1.29, 1.82) is 0 Å². The minimum atomic E-state index is 0.630. The molecule has 0 heterocycles. The molecule has 1 rings (SSSR count). The van der Waals surface area contributed by atoms with Crippen LogP contribution in [0.3, 0.4) is 0 Å². The molecule has 2 heteroatoms. The fourth-order valence-corrected chi connectivity index (χ4v) is 2.50. The van der Waals surface area contributed by atoms with E-state index in [1.807, 2.05) is 6.20 Å². The summed E-state index contributed by atoms with van der Waals surface area (Å²) in [7, 11) is 0. The van der Waals surface area contributed by atoms with Gasteiger partial charge in [0.1, 0.15) is 0 Å². The van der Waals surface area contributed by atoms with E-state index in [0.29, 0.717) is 5.92 Å². The third kappa shape index (κ3) is 5.25. The number of hydrogen-bond donors (Lipinski definition) is 2. The maximum Gasteiger partial charge on any atom is 0.0396 e. The number of rotatable bonds is 7. The number of hydrogen-bond acceptors (Lipinski definition) is 2. The summed E-state index contributed by atoms with van der Waals surface area (Å²) in [6.07, 6.45) is 15.2. The van der Waals surface area contributed by atoms with Crippen LogP contribution in [0.1, 0.15) is 60.3 Å². The van der Waals surface area contributed by atoms with Crippen LogP contribution in [0.4, 0.5) is 0 Å². The molecule has 0 spiro atoms. The summed E-state index contributed by atoms with van der Waals surface area (Å²) < 4.78 is 0. The highest BCUT2D eigenvalue weighted by atomic mass is 14.9. The van der Waals surface area contributed by atoms with Gasteiger partial charge in [0, 0.05) is 11.4 Å². The molecule has 0 saturated carbocycles. The van der Waals surface area contributed by atoms with Crippen molar-refractivity contribution in [3.05, 3.63) is 58.6 Å². The molecule has 2 nitrogen and oxygen atoms in total. The van der Waals surface area contributed by atoms with Gasteiger partial charge in [-0.05, 0) is 61.9 Å². The number of nitrogens with one attached hydrogen (secondary N) is 1. The molecule has 3 N–H and O–H groups in total. The minimum absolute atomic E-state index is 0.630. The summed E-state index contributed by atoms with van der Waals surface area (Å²) in [5, 5.41) is 3.41. The Morgan fingerprint density at radius 3 is 2.64 bits per heavy atom. The van der Waals surface area contributed by atoms with Crippen LogP contribution in [0.25, 0.3) is 0 Å². The smallest absolute Gasteiger partial charge is 0.0396 e. The van der Waals surface area contributed by atoms with Gasteiger partial charge in [-0.3, -0.25) is 0 Å². The monoisotopic (exact) mass is 300 g/mol. The van der Waals surface area contributed by atoms with Crippen molar-refractivity contribution in [1.82, 2.24) is 5.32 Å². The summed E-state index contributed by atoms with van der Waals surface area (Å²) in [6, 6.07) is 0. The van der Waals surface area contributed by atoms with Crippen LogP contribution in [-0.2, 0) is 0 Å². The summed E-state index contributed by atoms with van der Waals surface area (Å²) in [5.41, 5.74) is 12.2. The first kappa shape index (κ1) is 18.3. The quantitative estimate of drug-likeness (QED) is 0.624. The first-order valence-corrected chi connectivity index (χ1v) is 8.47. The Kier molecular flexibility index (Phi) is 7.79. The number of allylic oxidation sites excluding steroid dienone is 8. The van der Waals surface area contributed by atoms with E-state index in [-0.39, 0.29) is 0 Å². The van der Waals surface area contributed by atoms with Crippen LogP contribution in [0, 0.1) is 5.92 Å². The molecule has 1 atom stereocenters. The Morgan fingerprint density at radius 2 is 2.09 bits per heavy atom. The molecule has 0 aliphatic heterocycles. The summed E-state index contributed by atoms with van der Waals surface area (Å²) in [4.78, 5) is 0. The molecule has 22 heavy (non-hydrogen) atoms. The lowest BCUT2D eigenvalue weighted by molar-refractivity contribution is 0.731. The summed E-state index contributed by atoms with van der Waals surface area (Å²) >= 11 is 0. The van der Waals surface area contributed by atoms with Gasteiger partial charge in [0.15, 0.2) is 0 Å². The van der Waals surface area contributed by atoms with Gasteiger partial charge in [-0.2, -0.15) is 0 Å². The topological polar surface area (TPSA) is 38.0 Å². The molecule has 1 unspecified atom stereocenters. The SMILES string of the molecule is CC/C=C/N/C(CCC)=C(C)/C(N)=C(\C)C1=CCC(C)C=C1. The molecule has 0 aromatic rings. The zero-order valence-electron chi connectivity index (χ0n) is 14.9. The van der Waals surface area contributed by atoms with E-state index in [0.717, 1.165) is 37.0 Å². The fraction of sp³-hybridized carbons (Fsp3) is 0.500. The van der Waals surface area contributed by atoms with Gasteiger partial charge in [-0.15, -0.1) is 0 Å². The largest absolute Gasteiger partial charge is 0.398 e. The standard InChI is InChI=1S/C20H32N2/c1-6-8-14-22-19(9-7-2)17(5)20(21)16(4)18-12-10-15(3)11-13-18/h8,10,12-15,22H,6-7,9,11,21H2,1-5H3/b14-8+,19-17+,20-16-. The van der Waals surface area contributed by atoms with Crippen molar-refractivity contribution >= 4 is 0 Å². The Labute approximate surface area is 136 Å². The van der Waals surface area contributed by atoms with E-state index in [1.54, 1.807) is 0 Å². The number of nitrogens with two attached hydrogens (primary N) is 1. The third-order valence-corrected chi connectivity index (χ3v) is 4.12. The van der Waals surface area contributed by atoms with Gasteiger partial charge in [-0.25, -0.2) is 0 Å². The van der Waals surface area contributed by atoms with Gasteiger partial charge in [0.05, 0.1) is 0 Å². The molecule has 0 fully saturated rings. The highest BCUT2D eigenvalue weighted by Gasteiger charge is 2.11. The lowest BCUT2D eigenvalue weighted by Crippen LogP contribution is -2.13. The van der Waals surface area contributed by atoms with Crippen molar-refractivity contribution in [3.8, 4) is 0 Å². The Bertz CT molecular complexity index is 516. The predicted molar refractivity (Wildman–Crippen MR) is 98.1 cm³/mol. The molecule has 0 aromatic heterocycles. The van der Waals surface area contributed by atoms with Crippen molar-refractivity contribution in [2.75, 3.05) is 0 Å². The van der Waals surface area contributed by atoms with E-state index in [4.69, 9.17) is 5.73 Å². The zero-order valence-corrected chi connectivity index (χ0v) is 14.9. The maximum atomic E-state index is 6.44. The molecule has 0 radical (unpaired) electrons. The van der Waals surface area contributed by atoms with E-state index in [2.05, 4.69) is 64.2 Å². The minimum Gasteiger partial charge on any atom is -0.398 e. The normalized spacial score (nSPS) is 20.6. The second-order valence-corrected chi connectivity index (χ2v) is 6.08. The van der Waals surface area contributed by atoms with E-state index in [9.17, 15) is 0 Å². The van der Waals surface area contributed by atoms with Crippen LogP contribution in [-0.4, -0.2) is 0 Å². The molecule has 0 bridgehead atoms. The third-order valence-electron chi connectivity index (χ3n) is 4.12. The molecule has 1 aliphatic rings. The fourth-order valence-electron chi connectivity index (χ4n) is 2.50. The van der Waals surface area contributed by atoms with Gasteiger partial charge in [-0.1, -0.05) is 51.5 Å². The summed E-state index contributed by atoms with van der Waals surface area (Å²) in [6.45, 7) is 10.8. The van der Waals surface area contributed by atoms with Crippen LogP contribution in [0.15, 0.2) is 58.6 Å². The first-order chi connectivity index (χ1) is 10.5. The molecule has 122 valence electrons. The predicted octanol–water partition coefficient (Wildman–Crippen LogP) is 5.33. The van der Waals surface area contributed by atoms with E-state index in [1.165, 1.54) is 16.8 Å². The molecular formula is C20H32N2. The first-order valence-electron chi connectivity index (χ1n) is 8.47. The van der Waals surface area contributed by atoms with Crippen molar-refractivity contribution in [3.63, 3.8) is 0 Å². The van der Waals surface area contributed by atoms with Gasteiger partial charge >= 0.3 is 0 Å².